The molecule has 0 unspecified atom stereocenters. The fourth-order valence-corrected chi connectivity index (χ4v) is 5.43. The highest BCUT2D eigenvalue weighted by Gasteiger charge is 2.27. The van der Waals surface area contributed by atoms with E-state index in [0.29, 0.717) is 11.3 Å². The Hall–Kier alpha value is -5.30. The summed E-state index contributed by atoms with van der Waals surface area (Å²) in [6, 6.07) is 14.3. The van der Waals surface area contributed by atoms with Crippen LogP contribution in [0.25, 0.3) is 33.4 Å². The molecule has 0 aliphatic rings. The van der Waals surface area contributed by atoms with E-state index < -0.39 is 33.1 Å². The van der Waals surface area contributed by atoms with Gasteiger partial charge in [-0.3, -0.25) is 18.9 Å². The SMILES string of the molecule is CNC(=O)c1c(-c2ccc(F)cc2)oc2cc(N(C)S(C)(=O)=O)c(-c3cc(N=Cc4c(F)cccc4NC)cn(C)c3=O)cc12. The summed E-state index contributed by atoms with van der Waals surface area (Å²) in [6.45, 7) is 0. The number of carbonyl (C=O) groups is 1. The van der Waals surface area contributed by atoms with Crippen molar-refractivity contribution >= 4 is 50.2 Å². The molecule has 0 spiro atoms. The van der Waals surface area contributed by atoms with Crippen molar-refractivity contribution in [2.75, 3.05) is 37.0 Å². The first-order chi connectivity index (χ1) is 21.3. The Morgan fingerprint density at radius 3 is 2.40 bits per heavy atom. The highest BCUT2D eigenvalue weighted by molar-refractivity contribution is 7.92. The number of fused-ring (bicyclic) bond motifs is 1. The van der Waals surface area contributed by atoms with Crippen molar-refractivity contribution in [1.29, 1.82) is 0 Å². The molecule has 2 heterocycles. The molecule has 0 fully saturated rings. The van der Waals surface area contributed by atoms with E-state index in [1.807, 2.05) is 0 Å². The van der Waals surface area contributed by atoms with Gasteiger partial charge in [-0.05, 0) is 48.5 Å². The van der Waals surface area contributed by atoms with Crippen molar-refractivity contribution < 1.29 is 26.4 Å². The highest BCUT2D eigenvalue weighted by Crippen LogP contribution is 2.41. The molecule has 0 radical (unpaired) electrons. The first kappa shape index (κ1) is 31.1. The molecule has 0 bridgehead atoms. The number of benzene rings is 3. The number of hydrogen-bond acceptors (Lipinski definition) is 7. The fraction of sp³-hybridized carbons (Fsp3) is 0.156. The molecular weight excluding hydrogens is 604 g/mol. The van der Waals surface area contributed by atoms with Gasteiger partial charge in [-0.1, -0.05) is 6.07 Å². The van der Waals surface area contributed by atoms with Crippen molar-refractivity contribution in [2.24, 2.45) is 12.0 Å². The topological polar surface area (TPSA) is 126 Å². The molecule has 2 aromatic heterocycles. The largest absolute Gasteiger partial charge is 0.455 e. The highest BCUT2D eigenvalue weighted by atomic mass is 32.2. The minimum Gasteiger partial charge on any atom is -0.455 e. The quantitative estimate of drug-likeness (QED) is 0.224. The number of amides is 1. The molecular formula is C32H29F2N5O5S. The Balaban J connectivity index is 1.80. The predicted octanol–water partition coefficient (Wildman–Crippen LogP) is 5.29. The van der Waals surface area contributed by atoms with Crippen LogP contribution in [0.3, 0.4) is 0 Å². The molecule has 0 saturated heterocycles. The minimum atomic E-state index is -3.84. The first-order valence-electron chi connectivity index (χ1n) is 13.6. The summed E-state index contributed by atoms with van der Waals surface area (Å²) >= 11 is 0. The van der Waals surface area contributed by atoms with Gasteiger partial charge in [0.15, 0.2) is 0 Å². The number of nitrogens with zero attached hydrogens (tertiary/aromatic N) is 3. The van der Waals surface area contributed by atoms with Gasteiger partial charge in [0.2, 0.25) is 10.0 Å². The molecule has 2 N–H and O–H groups in total. The van der Waals surface area contributed by atoms with Crippen molar-refractivity contribution in [3.8, 4) is 22.5 Å². The Morgan fingerprint density at radius 2 is 1.76 bits per heavy atom. The van der Waals surface area contributed by atoms with Gasteiger partial charge in [0.05, 0.1) is 34.3 Å². The molecule has 3 aromatic carbocycles. The maximum atomic E-state index is 14.6. The lowest BCUT2D eigenvalue weighted by Gasteiger charge is -2.21. The molecule has 45 heavy (non-hydrogen) atoms. The standard InChI is InChI=1S/C32H29F2N5O5S/c1-35-26-8-6-7-25(34)24(26)16-37-20-13-22(32(41)38(3)17-20)21-14-23-28(15-27(21)39(4)45(5,42)43)44-30(29(23)31(40)36-2)18-9-11-19(33)12-10-18/h6-17,35H,1-5H3,(H,36,40). The second-order valence-corrected chi connectivity index (χ2v) is 12.2. The van der Waals surface area contributed by atoms with E-state index in [-0.39, 0.29) is 50.4 Å². The number of aromatic nitrogens is 1. The van der Waals surface area contributed by atoms with E-state index in [1.54, 1.807) is 19.2 Å². The van der Waals surface area contributed by atoms with Gasteiger partial charge in [0.1, 0.15) is 23.0 Å². The van der Waals surface area contributed by atoms with Gasteiger partial charge < -0.3 is 19.6 Å². The average molecular weight is 634 g/mol. The van der Waals surface area contributed by atoms with E-state index in [9.17, 15) is 26.8 Å². The molecule has 10 nitrogen and oxygen atoms in total. The van der Waals surface area contributed by atoms with Crippen molar-refractivity contribution in [3.05, 3.63) is 100.0 Å². The van der Waals surface area contributed by atoms with Gasteiger partial charge in [-0.25, -0.2) is 17.2 Å². The molecule has 5 aromatic rings. The number of halogens is 2. The van der Waals surface area contributed by atoms with Crippen molar-refractivity contribution in [1.82, 2.24) is 9.88 Å². The van der Waals surface area contributed by atoms with E-state index in [2.05, 4.69) is 15.6 Å². The van der Waals surface area contributed by atoms with Crippen LogP contribution in [0.1, 0.15) is 15.9 Å². The number of furan rings is 1. The Labute approximate surface area is 257 Å². The molecule has 13 heteroatoms. The van der Waals surface area contributed by atoms with Crippen LogP contribution < -0.4 is 20.5 Å². The van der Waals surface area contributed by atoms with Crippen molar-refractivity contribution in [3.63, 3.8) is 0 Å². The number of aryl methyl sites for hydroxylation is 1. The third-order valence-corrected chi connectivity index (χ3v) is 8.52. The summed E-state index contributed by atoms with van der Waals surface area (Å²) in [6.07, 6.45) is 3.79. The minimum absolute atomic E-state index is 0.0642. The van der Waals surface area contributed by atoms with Gasteiger partial charge in [-0.15, -0.1) is 0 Å². The van der Waals surface area contributed by atoms with E-state index in [4.69, 9.17) is 4.42 Å². The van der Waals surface area contributed by atoms with Crippen LogP contribution in [0.5, 0.6) is 0 Å². The summed E-state index contributed by atoms with van der Waals surface area (Å²) < 4.78 is 62.2. The lowest BCUT2D eigenvalue weighted by Crippen LogP contribution is -2.26. The number of sulfonamides is 1. The zero-order valence-corrected chi connectivity index (χ0v) is 25.8. The molecule has 0 atom stereocenters. The number of aliphatic imine (C=N–C) groups is 1. The molecule has 0 aliphatic heterocycles. The van der Waals surface area contributed by atoms with Crippen LogP contribution in [-0.2, 0) is 17.1 Å². The van der Waals surface area contributed by atoms with Crippen LogP contribution in [0.4, 0.5) is 25.8 Å². The van der Waals surface area contributed by atoms with Crippen LogP contribution in [0.15, 0.2) is 81.1 Å². The monoisotopic (exact) mass is 633 g/mol. The zero-order valence-electron chi connectivity index (χ0n) is 25.0. The normalized spacial score (nSPS) is 11.7. The number of rotatable bonds is 8. The maximum Gasteiger partial charge on any atom is 0.258 e. The van der Waals surface area contributed by atoms with E-state index in [0.717, 1.165) is 10.6 Å². The lowest BCUT2D eigenvalue weighted by atomic mass is 9.99. The molecule has 0 saturated carbocycles. The van der Waals surface area contributed by atoms with Gasteiger partial charge in [-0.2, -0.15) is 0 Å². The summed E-state index contributed by atoms with van der Waals surface area (Å²) in [5.74, 6) is -1.37. The molecule has 5 rings (SSSR count). The number of anilines is 2. The zero-order chi connectivity index (χ0) is 32.6. The smallest absolute Gasteiger partial charge is 0.258 e. The Kier molecular flexibility index (Phi) is 8.30. The van der Waals surface area contributed by atoms with Crippen molar-refractivity contribution in [2.45, 2.75) is 0 Å². The molecule has 1 amide bonds. The predicted molar refractivity (Wildman–Crippen MR) is 172 cm³/mol. The van der Waals surface area contributed by atoms with Gasteiger partial charge in [0.25, 0.3) is 11.5 Å². The summed E-state index contributed by atoms with van der Waals surface area (Å²) in [5, 5.41) is 5.77. The number of carbonyl (C=O) groups excluding carboxylic acids is 1. The Morgan fingerprint density at radius 1 is 1.04 bits per heavy atom. The maximum absolute atomic E-state index is 14.6. The third kappa shape index (κ3) is 5.94. The summed E-state index contributed by atoms with van der Waals surface area (Å²) in [4.78, 5) is 31.2. The van der Waals surface area contributed by atoms with E-state index in [1.165, 1.54) is 86.7 Å². The Bertz CT molecular complexity index is 2160. The van der Waals surface area contributed by atoms with Crippen LogP contribution in [0.2, 0.25) is 0 Å². The van der Waals surface area contributed by atoms with Crippen LogP contribution >= 0.6 is 0 Å². The number of hydrogen-bond donors (Lipinski definition) is 2. The average Bonchev–Trinajstić information content (AvgIpc) is 3.38. The summed E-state index contributed by atoms with van der Waals surface area (Å²) in [7, 11) is 2.08. The molecule has 232 valence electrons. The lowest BCUT2D eigenvalue weighted by molar-refractivity contribution is 0.0964. The number of pyridine rings is 1. The van der Waals surface area contributed by atoms with Crippen LogP contribution in [0, 0.1) is 11.6 Å². The first-order valence-corrected chi connectivity index (χ1v) is 15.4. The second-order valence-electron chi connectivity index (χ2n) is 10.2. The van der Waals surface area contributed by atoms with Gasteiger partial charge in [0, 0.05) is 68.9 Å². The van der Waals surface area contributed by atoms with Gasteiger partial charge >= 0.3 is 0 Å². The fourth-order valence-electron chi connectivity index (χ4n) is 4.92. The third-order valence-electron chi connectivity index (χ3n) is 7.33. The second kappa shape index (κ2) is 12.0. The number of nitrogens with one attached hydrogen (secondary N) is 2. The summed E-state index contributed by atoms with van der Waals surface area (Å²) in [5.41, 5.74) is 1.51. The molecule has 0 aliphatic carbocycles. The van der Waals surface area contributed by atoms with Crippen LogP contribution in [-0.4, -0.2) is 52.5 Å². The van der Waals surface area contributed by atoms with E-state index >= 15 is 0 Å².